The van der Waals surface area contributed by atoms with Gasteiger partial charge in [0, 0.05) is 52.4 Å². The van der Waals surface area contributed by atoms with Gasteiger partial charge in [0.25, 0.3) is 0 Å². The molecule has 1 unspecified atom stereocenters. The Hall–Kier alpha value is -1.56. The van der Waals surface area contributed by atoms with Crippen molar-refractivity contribution in [2.75, 3.05) is 46.4 Å². The number of halogens is 1. The maximum atomic E-state index is 11.7. The lowest BCUT2D eigenvalue weighted by Crippen LogP contribution is -2.54. The number of piperazine rings is 1. The van der Waals surface area contributed by atoms with Gasteiger partial charge in [-0.25, -0.2) is 4.79 Å². The second-order valence-electron chi connectivity index (χ2n) is 6.99. The number of aromatic nitrogens is 1. The molecule has 2 N–H and O–H groups in total. The van der Waals surface area contributed by atoms with Crippen molar-refractivity contribution in [3.8, 4) is 0 Å². The molecule has 1 aliphatic heterocycles. The highest BCUT2D eigenvalue weighted by Gasteiger charge is 2.33. The van der Waals surface area contributed by atoms with Gasteiger partial charge in [0.05, 0.1) is 18.3 Å². The highest BCUT2D eigenvalue weighted by Crippen LogP contribution is 2.32. The average molecular weight is 506 g/mol. The predicted molar refractivity (Wildman–Crippen MR) is 117 cm³/mol. The lowest BCUT2D eigenvalue weighted by atomic mass is 10.2. The lowest BCUT2D eigenvalue weighted by molar-refractivity contribution is 0.146. The first kappa shape index (κ1) is 22.7. The van der Waals surface area contributed by atoms with E-state index in [1.165, 1.54) is 0 Å². The first-order chi connectivity index (χ1) is 13.2. The number of nitrogens with zero attached hydrogens (tertiary/aromatic N) is 4. The summed E-state index contributed by atoms with van der Waals surface area (Å²) in [5, 5.41) is 10.4. The molecule has 0 radical (unpaired) electrons. The Kier molecular flexibility index (Phi) is 9.29. The van der Waals surface area contributed by atoms with Gasteiger partial charge in [-0.1, -0.05) is 5.16 Å². The minimum absolute atomic E-state index is 0. The number of alkyl carbamates (subject to hydrolysis) is 1. The van der Waals surface area contributed by atoms with E-state index in [1.807, 2.05) is 13.0 Å². The van der Waals surface area contributed by atoms with Crippen LogP contribution in [0.5, 0.6) is 0 Å². The number of aliphatic imine (C=N–C) groups is 1. The first-order valence-corrected chi connectivity index (χ1v) is 9.70. The van der Waals surface area contributed by atoms with Crippen LogP contribution >= 0.6 is 24.0 Å². The van der Waals surface area contributed by atoms with Crippen LogP contribution in [0.3, 0.4) is 0 Å². The Balaban J connectivity index is 0.00000280. The van der Waals surface area contributed by atoms with E-state index in [9.17, 15) is 4.79 Å². The average Bonchev–Trinajstić information content (AvgIpc) is 3.40. The van der Waals surface area contributed by atoms with Crippen LogP contribution in [0.15, 0.2) is 21.8 Å². The Labute approximate surface area is 183 Å². The molecule has 0 bridgehead atoms. The molecule has 158 valence electrons. The van der Waals surface area contributed by atoms with Gasteiger partial charge in [0.15, 0.2) is 5.96 Å². The summed E-state index contributed by atoms with van der Waals surface area (Å²) in [5.41, 5.74) is 0.961. The van der Waals surface area contributed by atoms with E-state index in [-0.39, 0.29) is 36.1 Å². The SMILES string of the molecule is CCOC(=O)NC(CNC(=NC)N1CCN(Cc2ccon2)CC1)C1CC1.I. The maximum absolute atomic E-state index is 11.7. The number of carbonyl (C=O) groups is 1. The number of hydrogen-bond donors (Lipinski definition) is 2. The summed E-state index contributed by atoms with van der Waals surface area (Å²) < 4.78 is 9.92. The summed E-state index contributed by atoms with van der Waals surface area (Å²) >= 11 is 0. The second kappa shape index (κ2) is 11.4. The van der Waals surface area contributed by atoms with Crippen LogP contribution in [0, 0.1) is 5.92 Å². The van der Waals surface area contributed by atoms with E-state index in [1.54, 1.807) is 13.3 Å². The van der Waals surface area contributed by atoms with E-state index in [0.717, 1.165) is 57.2 Å². The number of rotatable bonds is 7. The summed E-state index contributed by atoms with van der Waals surface area (Å²) in [6.45, 7) is 7.36. The zero-order chi connectivity index (χ0) is 19.1. The fourth-order valence-electron chi connectivity index (χ4n) is 3.36. The van der Waals surface area contributed by atoms with Crippen molar-refractivity contribution < 1.29 is 14.1 Å². The van der Waals surface area contributed by atoms with Gasteiger partial charge in [0.2, 0.25) is 0 Å². The van der Waals surface area contributed by atoms with Gasteiger partial charge >= 0.3 is 6.09 Å². The second-order valence-corrected chi connectivity index (χ2v) is 6.99. The van der Waals surface area contributed by atoms with E-state index in [4.69, 9.17) is 9.26 Å². The summed E-state index contributed by atoms with van der Waals surface area (Å²) in [6.07, 6.45) is 3.57. The first-order valence-electron chi connectivity index (χ1n) is 9.70. The number of carbonyl (C=O) groups excluding carboxylic acids is 1. The van der Waals surface area contributed by atoms with Gasteiger partial charge in [0.1, 0.15) is 6.26 Å². The molecule has 2 aliphatic rings. The monoisotopic (exact) mass is 506 g/mol. The summed E-state index contributed by atoms with van der Waals surface area (Å²) in [4.78, 5) is 20.8. The maximum Gasteiger partial charge on any atom is 0.407 e. The molecule has 1 atom stereocenters. The quantitative estimate of drug-likeness (QED) is 0.329. The number of hydrogen-bond acceptors (Lipinski definition) is 6. The fraction of sp³-hybridized carbons (Fsp3) is 0.722. The zero-order valence-electron chi connectivity index (χ0n) is 16.6. The van der Waals surface area contributed by atoms with Crippen molar-refractivity contribution in [2.45, 2.75) is 32.4 Å². The third-order valence-electron chi connectivity index (χ3n) is 5.01. The van der Waals surface area contributed by atoms with Crippen molar-refractivity contribution >= 4 is 36.0 Å². The van der Waals surface area contributed by atoms with Gasteiger partial charge in [-0.3, -0.25) is 9.89 Å². The van der Waals surface area contributed by atoms with Crippen LogP contribution < -0.4 is 10.6 Å². The van der Waals surface area contributed by atoms with Crippen LogP contribution in [0.25, 0.3) is 0 Å². The van der Waals surface area contributed by atoms with E-state index in [2.05, 4.69) is 30.6 Å². The fourth-order valence-corrected chi connectivity index (χ4v) is 3.36. The molecule has 1 amide bonds. The van der Waals surface area contributed by atoms with Crippen LogP contribution in [-0.4, -0.2) is 79.4 Å². The Bertz CT molecular complexity index is 615. The Morgan fingerprint density at radius 1 is 1.39 bits per heavy atom. The molecule has 1 aliphatic carbocycles. The molecule has 1 aromatic heterocycles. The molecule has 2 fully saturated rings. The van der Waals surface area contributed by atoms with Gasteiger partial charge in [-0.05, 0) is 25.7 Å². The molecule has 3 rings (SSSR count). The van der Waals surface area contributed by atoms with Crippen molar-refractivity contribution in [1.29, 1.82) is 0 Å². The molecule has 0 spiro atoms. The lowest BCUT2D eigenvalue weighted by Gasteiger charge is -2.36. The highest BCUT2D eigenvalue weighted by atomic mass is 127. The molecule has 1 saturated heterocycles. The van der Waals surface area contributed by atoms with Crippen molar-refractivity contribution in [2.24, 2.45) is 10.9 Å². The van der Waals surface area contributed by atoms with E-state index >= 15 is 0 Å². The zero-order valence-corrected chi connectivity index (χ0v) is 18.9. The van der Waals surface area contributed by atoms with Crippen LogP contribution in [0.2, 0.25) is 0 Å². The topological polar surface area (TPSA) is 95.2 Å². The third-order valence-corrected chi connectivity index (χ3v) is 5.01. The van der Waals surface area contributed by atoms with E-state index < -0.39 is 0 Å². The van der Waals surface area contributed by atoms with Crippen molar-refractivity contribution in [1.82, 2.24) is 25.6 Å². The number of guanidine groups is 1. The minimum Gasteiger partial charge on any atom is -0.450 e. The van der Waals surface area contributed by atoms with Gasteiger partial charge < -0.3 is 24.8 Å². The van der Waals surface area contributed by atoms with Crippen molar-refractivity contribution in [3.05, 3.63) is 18.0 Å². The van der Waals surface area contributed by atoms with Crippen LogP contribution in [-0.2, 0) is 11.3 Å². The minimum atomic E-state index is -0.340. The highest BCUT2D eigenvalue weighted by molar-refractivity contribution is 14.0. The number of ether oxygens (including phenoxy) is 1. The molecular weight excluding hydrogens is 475 g/mol. The van der Waals surface area contributed by atoms with Crippen molar-refractivity contribution in [3.63, 3.8) is 0 Å². The van der Waals surface area contributed by atoms with Gasteiger partial charge in [-0.15, -0.1) is 24.0 Å². The molecule has 1 saturated carbocycles. The van der Waals surface area contributed by atoms with E-state index in [0.29, 0.717) is 19.1 Å². The molecular formula is C18H31IN6O3. The molecule has 10 heteroatoms. The summed E-state index contributed by atoms with van der Waals surface area (Å²) in [7, 11) is 1.80. The predicted octanol–water partition coefficient (Wildman–Crippen LogP) is 1.51. The Morgan fingerprint density at radius 2 is 2.14 bits per heavy atom. The standard InChI is InChI=1S/C18H30N6O3.HI/c1-3-26-18(25)21-16(14-4-5-14)12-20-17(19-2)24-9-7-23(8-10-24)13-15-6-11-27-22-15;/h6,11,14,16H,3-5,7-10,12-13H2,1-2H3,(H,19,20)(H,21,25);1H. The largest absolute Gasteiger partial charge is 0.450 e. The number of amides is 1. The third kappa shape index (κ3) is 6.80. The normalized spacial score (nSPS) is 18.9. The van der Waals surface area contributed by atoms with Gasteiger partial charge in [-0.2, -0.15) is 0 Å². The molecule has 2 heterocycles. The van der Waals surface area contributed by atoms with Crippen LogP contribution in [0.4, 0.5) is 4.79 Å². The summed E-state index contributed by atoms with van der Waals surface area (Å²) in [5.74, 6) is 1.41. The summed E-state index contributed by atoms with van der Waals surface area (Å²) in [6, 6.07) is 1.98. The molecule has 1 aromatic rings. The van der Waals surface area contributed by atoms with Crippen LogP contribution in [0.1, 0.15) is 25.5 Å². The molecule has 9 nitrogen and oxygen atoms in total. The smallest absolute Gasteiger partial charge is 0.407 e. The number of nitrogens with one attached hydrogen (secondary N) is 2. The molecule has 28 heavy (non-hydrogen) atoms. The Morgan fingerprint density at radius 3 is 2.71 bits per heavy atom. The molecule has 0 aromatic carbocycles.